The number of sulfonamides is 1. The number of aromatic nitrogens is 2. The predicted octanol–water partition coefficient (Wildman–Crippen LogP) is 2.55. The Bertz CT molecular complexity index is 714. The molecule has 1 aromatic carbocycles. The maximum Gasteiger partial charge on any atom is 0.243 e. The van der Waals surface area contributed by atoms with Gasteiger partial charge in [0.05, 0.1) is 17.1 Å². The fraction of sp³-hybridized carbons (Fsp3) is 0.250. The van der Waals surface area contributed by atoms with Crippen LogP contribution in [-0.2, 0) is 23.6 Å². The van der Waals surface area contributed by atoms with E-state index >= 15 is 0 Å². The molecule has 1 heterocycles. The SMILES string of the molecule is CN(Cc1nn(C)c(Cl)c1Cl)S(=O)(=O)c1ccccc1. The lowest BCUT2D eigenvalue weighted by atomic mass is 10.4. The van der Waals surface area contributed by atoms with Crippen LogP contribution in [-0.4, -0.2) is 29.6 Å². The summed E-state index contributed by atoms with van der Waals surface area (Å²) in [6.07, 6.45) is 0. The fourth-order valence-electron chi connectivity index (χ4n) is 1.70. The minimum atomic E-state index is -3.58. The van der Waals surface area contributed by atoms with Crippen molar-refractivity contribution in [3.8, 4) is 0 Å². The standard InChI is InChI=1S/C12H13Cl2N3O2S/c1-16(8-10-11(13)12(14)17(2)15-10)20(18,19)9-6-4-3-5-7-9/h3-7H,8H2,1-2H3. The summed E-state index contributed by atoms with van der Waals surface area (Å²) >= 11 is 11.9. The van der Waals surface area contributed by atoms with Gasteiger partial charge in [-0.05, 0) is 12.1 Å². The molecule has 0 fully saturated rings. The molecule has 0 aliphatic carbocycles. The summed E-state index contributed by atoms with van der Waals surface area (Å²) in [5.74, 6) is 0. The molecule has 0 saturated heterocycles. The number of nitrogens with zero attached hydrogens (tertiary/aromatic N) is 3. The molecule has 0 radical (unpaired) electrons. The van der Waals surface area contributed by atoms with E-state index in [1.807, 2.05) is 0 Å². The molecule has 0 bridgehead atoms. The number of benzene rings is 1. The first-order valence-electron chi connectivity index (χ1n) is 5.72. The van der Waals surface area contributed by atoms with Gasteiger partial charge in [0.25, 0.3) is 0 Å². The average Bonchev–Trinajstić information content (AvgIpc) is 2.67. The van der Waals surface area contributed by atoms with Gasteiger partial charge < -0.3 is 0 Å². The Hall–Kier alpha value is -1.08. The van der Waals surface area contributed by atoms with Crippen molar-refractivity contribution >= 4 is 33.2 Å². The molecule has 0 spiro atoms. The summed E-state index contributed by atoms with van der Waals surface area (Å²) in [7, 11) is -0.459. The summed E-state index contributed by atoms with van der Waals surface area (Å²) < 4.78 is 27.3. The Morgan fingerprint density at radius 1 is 1.25 bits per heavy atom. The van der Waals surface area contributed by atoms with E-state index in [1.54, 1.807) is 37.4 Å². The molecule has 0 aliphatic heterocycles. The lowest BCUT2D eigenvalue weighted by molar-refractivity contribution is 0.460. The van der Waals surface area contributed by atoms with Crippen molar-refractivity contribution in [3.63, 3.8) is 0 Å². The molecular formula is C12H13Cl2N3O2S. The highest BCUT2D eigenvalue weighted by molar-refractivity contribution is 7.89. The Balaban J connectivity index is 2.28. The highest BCUT2D eigenvalue weighted by Crippen LogP contribution is 2.26. The molecule has 0 aliphatic rings. The highest BCUT2D eigenvalue weighted by Gasteiger charge is 2.23. The van der Waals surface area contributed by atoms with Crippen LogP contribution in [0.4, 0.5) is 0 Å². The van der Waals surface area contributed by atoms with Gasteiger partial charge in [-0.1, -0.05) is 41.4 Å². The Morgan fingerprint density at radius 2 is 1.85 bits per heavy atom. The van der Waals surface area contributed by atoms with E-state index in [4.69, 9.17) is 23.2 Å². The first kappa shape index (κ1) is 15.3. The van der Waals surface area contributed by atoms with Crippen LogP contribution in [0, 0.1) is 0 Å². The summed E-state index contributed by atoms with van der Waals surface area (Å²) in [6.45, 7) is 0.0522. The minimum absolute atomic E-state index is 0.0522. The molecule has 5 nitrogen and oxygen atoms in total. The number of hydrogen-bond acceptors (Lipinski definition) is 3. The van der Waals surface area contributed by atoms with Crippen LogP contribution in [0.5, 0.6) is 0 Å². The van der Waals surface area contributed by atoms with Crippen LogP contribution in [0.3, 0.4) is 0 Å². The second-order valence-electron chi connectivity index (χ2n) is 4.25. The quantitative estimate of drug-likeness (QED) is 0.863. The molecule has 0 N–H and O–H groups in total. The predicted molar refractivity (Wildman–Crippen MR) is 78.3 cm³/mol. The first-order valence-corrected chi connectivity index (χ1v) is 7.92. The van der Waals surface area contributed by atoms with Gasteiger partial charge in [-0.15, -0.1) is 0 Å². The van der Waals surface area contributed by atoms with Gasteiger partial charge >= 0.3 is 0 Å². The van der Waals surface area contributed by atoms with Crippen molar-refractivity contribution < 1.29 is 8.42 Å². The second-order valence-corrected chi connectivity index (χ2v) is 7.03. The topological polar surface area (TPSA) is 55.2 Å². The molecule has 1 aromatic heterocycles. The fourth-order valence-corrected chi connectivity index (χ4v) is 3.22. The molecule has 8 heteroatoms. The van der Waals surface area contributed by atoms with Crippen LogP contribution < -0.4 is 0 Å². The Labute approximate surface area is 127 Å². The molecular weight excluding hydrogens is 321 g/mol. The van der Waals surface area contributed by atoms with E-state index in [2.05, 4.69) is 5.10 Å². The Morgan fingerprint density at radius 3 is 2.35 bits per heavy atom. The molecule has 0 atom stereocenters. The number of rotatable bonds is 4. The third kappa shape index (κ3) is 2.83. The van der Waals surface area contributed by atoms with Crippen molar-refractivity contribution in [2.45, 2.75) is 11.4 Å². The summed E-state index contributed by atoms with van der Waals surface area (Å²) in [6, 6.07) is 8.18. The van der Waals surface area contributed by atoms with E-state index in [0.29, 0.717) is 5.69 Å². The van der Waals surface area contributed by atoms with Gasteiger partial charge in [0.2, 0.25) is 10.0 Å². The van der Waals surface area contributed by atoms with Gasteiger partial charge in [-0.3, -0.25) is 4.68 Å². The zero-order valence-electron chi connectivity index (χ0n) is 10.9. The largest absolute Gasteiger partial charge is 0.255 e. The first-order chi connectivity index (χ1) is 9.34. The maximum atomic E-state index is 12.4. The normalized spacial score (nSPS) is 12.1. The van der Waals surface area contributed by atoms with Gasteiger partial charge in [0.1, 0.15) is 10.2 Å². The van der Waals surface area contributed by atoms with Crippen molar-refractivity contribution in [1.29, 1.82) is 0 Å². The van der Waals surface area contributed by atoms with E-state index < -0.39 is 10.0 Å². The van der Waals surface area contributed by atoms with Crippen molar-refractivity contribution in [2.24, 2.45) is 7.05 Å². The Kier molecular flexibility index (Phi) is 4.39. The smallest absolute Gasteiger partial charge is 0.243 e. The average molecular weight is 334 g/mol. The number of hydrogen-bond donors (Lipinski definition) is 0. The van der Waals surface area contributed by atoms with Crippen LogP contribution in [0.2, 0.25) is 10.2 Å². The van der Waals surface area contributed by atoms with E-state index in [-0.39, 0.29) is 21.6 Å². The minimum Gasteiger partial charge on any atom is -0.255 e. The molecule has 0 saturated carbocycles. The van der Waals surface area contributed by atoms with Crippen molar-refractivity contribution in [1.82, 2.24) is 14.1 Å². The van der Waals surface area contributed by atoms with E-state index in [9.17, 15) is 8.42 Å². The summed E-state index contributed by atoms with van der Waals surface area (Å²) in [4.78, 5) is 0.223. The monoisotopic (exact) mass is 333 g/mol. The van der Waals surface area contributed by atoms with Gasteiger partial charge in [0, 0.05) is 14.1 Å². The lowest BCUT2D eigenvalue weighted by Gasteiger charge is -2.16. The van der Waals surface area contributed by atoms with Crippen LogP contribution in [0.25, 0.3) is 0 Å². The van der Waals surface area contributed by atoms with Gasteiger partial charge in [-0.2, -0.15) is 9.40 Å². The zero-order valence-corrected chi connectivity index (χ0v) is 13.2. The lowest BCUT2D eigenvalue weighted by Crippen LogP contribution is -2.26. The maximum absolute atomic E-state index is 12.4. The summed E-state index contributed by atoms with van der Waals surface area (Å²) in [5, 5.41) is 4.66. The third-order valence-electron chi connectivity index (χ3n) is 2.81. The molecule has 20 heavy (non-hydrogen) atoms. The molecule has 0 unspecified atom stereocenters. The van der Waals surface area contributed by atoms with Crippen LogP contribution in [0.1, 0.15) is 5.69 Å². The second kappa shape index (κ2) is 5.73. The van der Waals surface area contributed by atoms with E-state index in [0.717, 1.165) is 0 Å². The van der Waals surface area contributed by atoms with Crippen LogP contribution >= 0.6 is 23.2 Å². The number of aryl methyl sites for hydroxylation is 1. The van der Waals surface area contributed by atoms with Gasteiger partial charge in [0.15, 0.2) is 0 Å². The van der Waals surface area contributed by atoms with Crippen LogP contribution in [0.15, 0.2) is 35.2 Å². The third-order valence-corrected chi connectivity index (χ3v) is 5.56. The molecule has 2 aromatic rings. The zero-order chi connectivity index (χ0) is 14.9. The molecule has 108 valence electrons. The molecule has 0 amide bonds. The summed E-state index contributed by atoms with van der Waals surface area (Å²) in [5.41, 5.74) is 0.418. The number of halogens is 2. The van der Waals surface area contributed by atoms with E-state index in [1.165, 1.54) is 16.0 Å². The molecule has 2 rings (SSSR count). The highest BCUT2D eigenvalue weighted by atomic mass is 35.5. The van der Waals surface area contributed by atoms with Crippen molar-refractivity contribution in [2.75, 3.05) is 7.05 Å². The van der Waals surface area contributed by atoms with Gasteiger partial charge in [-0.25, -0.2) is 8.42 Å². The van der Waals surface area contributed by atoms with Crippen molar-refractivity contribution in [3.05, 3.63) is 46.2 Å².